The first-order valence-corrected chi connectivity index (χ1v) is 6.96. The molecule has 0 saturated heterocycles. The fourth-order valence-electron chi connectivity index (χ4n) is 2.14. The van der Waals surface area contributed by atoms with Gasteiger partial charge in [-0.1, -0.05) is 18.2 Å². The second-order valence-corrected chi connectivity index (χ2v) is 5.30. The van der Waals surface area contributed by atoms with Gasteiger partial charge in [-0.3, -0.25) is 4.79 Å². The van der Waals surface area contributed by atoms with Crippen molar-refractivity contribution < 1.29 is 9.53 Å². The molecule has 98 valence electrons. The highest BCUT2D eigenvalue weighted by Gasteiger charge is 2.22. The lowest BCUT2D eigenvalue weighted by molar-refractivity contribution is 0.0739. The van der Waals surface area contributed by atoms with E-state index in [0.29, 0.717) is 30.3 Å². The Morgan fingerprint density at radius 2 is 2.16 bits per heavy atom. The molecule has 1 aromatic heterocycles. The zero-order chi connectivity index (χ0) is 13.2. The van der Waals surface area contributed by atoms with E-state index in [4.69, 9.17) is 10.5 Å². The molecule has 2 aromatic rings. The first-order chi connectivity index (χ1) is 9.25. The fourth-order valence-corrected chi connectivity index (χ4v) is 2.92. The number of anilines is 1. The summed E-state index contributed by atoms with van der Waals surface area (Å²) in [4.78, 5) is 14.8. The predicted octanol–water partition coefficient (Wildman–Crippen LogP) is 2.37. The van der Waals surface area contributed by atoms with Crippen LogP contribution in [0.1, 0.15) is 15.2 Å². The average molecular weight is 274 g/mol. The highest BCUT2D eigenvalue weighted by Crippen LogP contribution is 2.26. The van der Waals surface area contributed by atoms with Crippen LogP contribution in [0.4, 0.5) is 5.69 Å². The van der Waals surface area contributed by atoms with E-state index in [0.717, 1.165) is 11.3 Å². The summed E-state index contributed by atoms with van der Waals surface area (Å²) >= 11 is 1.38. The van der Waals surface area contributed by atoms with Crippen molar-refractivity contribution in [1.29, 1.82) is 0 Å². The lowest BCUT2D eigenvalue weighted by Gasteiger charge is -2.19. The van der Waals surface area contributed by atoms with Crippen LogP contribution in [0, 0.1) is 0 Å². The van der Waals surface area contributed by atoms with Gasteiger partial charge in [0.15, 0.2) is 0 Å². The van der Waals surface area contributed by atoms with Gasteiger partial charge in [0.05, 0.1) is 12.2 Å². The molecule has 2 N–H and O–H groups in total. The Balaban J connectivity index is 1.87. The number of thiophene rings is 1. The number of hydrogen-bond donors (Lipinski definition) is 1. The number of fused-ring (bicyclic) bond motifs is 1. The quantitative estimate of drug-likeness (QED) is 0.868. The summed E-state index contributed by atoms with van der Waals surface area (Å²) in [6, 6.07) is 9.57. The van der Waals surface area contributed by atoms with Crippen LogP contribution in [0.5, 0.6) is 5.75 Å². The van der Waals surface area contributed by atoms with Gasteiger partial charge in [0, 0.05) is 12.1 Å². The van der Waals surface area contributed by atoms with E-state index in [1.54, 1.807) is 11.0 Å². The number of para-hydroxylation sites is 1. The third kappa shape index (κ3) is 2.29. The van der Waals surface area contributed by atoms with Crippen LogP contribution in [0.3, 0.4) is 0 Å². The van der Waals surface area contributed by atoms with Gasteiger partial charge in [-0.2, -0.15) is 0 Å². The molecule has 0 saturated carbocycles. The summed E-state index contributed by atoms with van der Waals surface area (Å²) in [7, 11) is 0. The highest BCUT2D eigenvalue weighted by molar-refractivity contribution is 7.12. The van der Waals surface area contributed by atoms with Crippen LogP contribution in [0.15, 0.2) is 35.7 Å². The lowest BCUT2D eigenvalue weighted by Crippen LogP contribution is -2.32. The smallest absolute Gasteiger partial charge is 0.266 e. The van der Waals surface area contributed by atoms with E-state index in [1.165, 1.54) is 11.3 Å². The number of nitrogens with two attached hydrogens (primary N) is 1. The Bertz CT molecular complexity index is 609. The number of benzene rings is 1. The Morgan fingerprint density at radius 1 is 1.32 bits per heavy atom. The maximum absolute atomic E-state index is 12.4. The van der Waals surface area contributed by atoms with Crippen molar-refractivity contribution in [3.05, 3.63) is 46.2 Å². The molecule has 1 aliphatic heterocycles. The third-order valence-electron chi connectivity index (χ3n) is 3.13. The van der Waals surface area contributed by atoms with E-state index in [1.807, 2.05) is 29.6 Å². The highest BCUT2D eigenvalue weighted by atomic mass is 32.1. The van der Waals surface area contributed by atoms with E-state index in [2.05, 4.69) is 0 Å². The molecule has 1 aliphatic rings. The zero-order valence-electron chi connectivity index (χ0n) is 10.3. The fraction of sp³-hybridized carbons (Fsp3) is 0.214. The average Bonchev–Trinajstić information content (AvgIpc) is 2.73. The van der Waals surface area contributed by atoms with Crippen molar-refractivity contribution in [2.24, 2.45) is 0 Å². The number of nitrogen functional groups attached to an aromatic ring is 1. The van der Waals surface area contributed by atoms with Crippen molar-refractivity contribution in [2.75, 3.05) is 18.9 Å². The van der Waals surface area contributed by atoms with Crippen LogP contribution in [0.2, 0.25) is 0 Å². The van der Waals surface area contributed by atoms with Crippen molar-refractivity contribution in [2.45, 2.75) is 6.54 Å². The van der Waals surface area contributed by atoms with Crippen LogP contribution >= 0.6 is 11.3 Å². The standard InChI is InChI=1S/C14H14N2O2S/c15-11-5-8-19-13(11)14(17)16-6-7-18-12-4-2-1-3-10(12)9-16/h1-5,8H,6-7,9,15H2. The number of carbonyl (C=O) groups is 1. The number of carbonyl (C=O) groups excluding carboxylic acids is 1. The van der Waals surface area contributed by atoms with Gasteiger partial charge < -0.3 is 15.4 Å². The van der Waals surface area contributed by atoms with E-state index < -0.39 is 0 Å². The minimum atomic E-state index is -0.0206. The van der Waals surface area contributed by atoms with Crippen LogP contribution < -0.4 is 10.5 Å². The molecule has 2 heterocycles. The summed E-state index contributed by atoms with van der Waals surface area (Å²) in [5.41, 5.74) is 7.39. The minimum absolute atomic E-state index is 0.0206. The number of hydrogen-bond acceptors (Lipinski definition) is 4. The topological polar surface area (TPSA) is 55.6 Å². The molecule has 0 bridgehead atoms. The number of ether oxygens (including phenoxy) is 1. The van der Waals surface area contributed by atoms with Gasteiger partial charge in [-0.15, -0.1) is 11.3 Å². The van der Waals surface area contributed by atoms with Gasteiger partial charge in [0.2, 0.25) is 0 Å². The molecule has 1 amide bonds. The van der Waals surface area contributed by atoms with Gasteiger partial charge >= 0.3 is 0 Å². The van der Waals surface area contributed by atoms with Gasteiger partial charge in [0.1, 0.15) is 17.2 Å². The first-order valence-electron chi connectivity index (χ1n) is 6.08. The maximum atomic E-state index is 12.4. The van der Waals surface area contributed by atoms with Gasteiger partial charge in [-0.05, 0) is 17.5 Å². The molecule has 0 spiro atoms. The molecular formula is C14H14N2O2S. The maximum Gasteiger partial charge on any atom is 0.266 e. The minimum Gasteiger partial charge on any atom is -0.491 e. The van der Waals surface area contributed by atoms with Crippen LogP contribution in [-0.2, 0) is 6.54 Å². The normalized spacial score (nSPS) is 14.4. The first kappa shape index (κ1) is 12.0. The molecule has 0 aliphatic carbocycles. The number of nitrogens with zero attached hydrogens (tertiary/aromatic N) is 1. The Kier molecular flexibility index (Phi) is 3.13. The largest absolute Gasteiger partial charge is 0.491 e. The summed E-state index contributed by atoms with van der Waals surface area (Å²) in [6.45, 7) is 1.64. The van der Waals surface area contributed by atoms with Crippen molar-refractivity contribution in [3.63, 3.8) is 0 Å². The Labute approximate surface area is 115 Å². The zero-order valence-corrected chi connectivity index (χ0v) is 11.2. The molecule has 4 nitrogen and oxygen atoms in total. The van der Waals surface area contributed by atoms with E-state index >= 15 is 0 Å². The summed E-state index contributed by atoms with van der Waals surface area (Å²) < 4.78 is 5.65. The van der Waals surface area contributed by atoms with E-state index in [9.17, 15) is 4.79 Å². The Hall–Kier alpha value is -2.01. The number of amides is 1. The molecule has 3 rings (SSSR count). The van der Waals surface area contributed by atoms with Crippen molar-refractivity contribution in [3.8, 4) is 5.75 Å². The third-order valence-corrected chi connectivity index (χ3v) is 4.05. The second-order valence-electron chi connectivity index (χ2n) is 4.39. The molecule has 19 heavy (non-hydrogen) atoms. The summed E-state index contributed by atoms with van der Waals surface area (Å²) in [5.74, 6) is 0.838. The second kappa shape index (κ2) is 4.93. The molecule has 5 heteroatoms. The predicted molar refractivity (Wildman–Crippen MR) is 75.4 cm³/mol. The SMILES string of the molecule is Nc1ccsc1C(=O)N1CCOc2ccccc2C1. The van der Waals surface area contributed by atoms with Crippen molar-refractivity contribution in [1.82, 2.24) is 4.90 Å². The molecule has 0 unspecified atom stereocenters. The molecule has 0 atom stereocenters. The molecule has 1 aromatic carbocycles. The molecular weight excluding hydrogens is 260 g/mol. The Morgan fingerprint density at radius 3 is 2.95 bits per heavy atom. The van der Waals surface area contributed by atoms with E-state index in [-0.39, 0.29) is 5.91 Å². The lowest BCUT2D eigenvalue weighted by atomic mass is 10.2. The van der Waals surface area contributed by atoms with Crippen LogP contribution in [0.25, 0.3) is 0 Å². The van der Waals surface area contributed by atoms with Gasteiger partial charge in [0.25, 0.3) is 5.91 Å². The number of rotatable bonds is 1. The molecule has 0 fully saturated rings. The monoisotopic (exact) mass is 274 g/mol. The van der Waals surface area contributed by atoms with Crippen LogP contribution in [-0.4, -0.2) is 24.0 Å². The summed E-state index contributed by atoms with van der Waals surface area (Å²) in [6.07, 6.45) is 0. The molecule has 0 radical (unpaired) electrons. The van der Waals surface area contributed by atoms with Gasteiger partial charge in [-0.25, -0.2) is 0 Å². The summed E-state index contributed by atoms with van der Waals surface area (Å²) in [5, 5.41) is 1.84. The van der Waals surface area contributed by atoms with Crippen molar-refractivity contribution >= 4 is 22.9 Å².